The number of hydrogen-bond donors (Lipinski definition) is 1. The third-order valence-electron chi connectivity index (χ3n) is 3.94. The fourth-order valence-electron chi connectivity index (χ4n) is 2.54. The fraction of sp³-hybridized carbons (Fsp3) is 0.158. The van der Waals surface area contributed by atoms with Crippen LogP contribution in [-0.2, 0) is 11.3 Å². The van der Waals surface area contributed by atoms with Gasteiger partial charge in [0, 0.05) is 28.8 Å². The normalized spacial score (nSPS) is 10.6. The molecule has 25 heavy (non-hydrogen) atoms. The van der Waals surface area contributed by atoms with Crippen LogP contribution < -0.4 is 16.1 Å². The molecule has 1 aromatic heterocycles. The lowest BCUT2D eigenvalue weighted by Gasteiger charge is -2.10. The van der Waals surface area contributed by atoms with Crippen molar-refractivity contribution in [2.45, 2.75) is 13.5 Å². The molecule has 0 aliphatic rings. The minimum Gasteiger partial charge on any atom is -0.497 e. The molecule has 6 nitrogen and oxygen atoms in total. The lowest BCUT2D eigenvalue weighted by molar-refractivity contribution is 0.0475. The van der Waals surface area contributed by atoms with Crippen LogP contribution in [0.5, 0.6) is 5.75 Å². The molecule has 2 N–H and O–H groups in total. The van der Waals surface area contributed by atoms with Gasteiger partial charge in [0.1, 0.15) is 17.9 Å². The van der Waals surface area contributed by atoms with Crippen molar-refractivity contribution in [3.05, 3.63) is 69.6 Å². The Morgan fingerprint density at radius 1 is 1.20 bits per heavy atom. The number of nitrogen functional groups attached to an aromatic ring is 1. The summed E-state index contributed by atoms with van der Waals surface area (Å²) in [4.78, 5) is 24.0. The van der Waals surface area contributed by atoms with E-state index in [0.29, 0.717) is 33.5 Å². The zero-order valence-electron chi connectivity index (χ0n) is 13.9. The molecule has 3 aromatic rings. The molecule has 3 rings (SSSR count). The number of ether oxygens (including phenoxy) is 2. The smallest absolute Gasteiger partial charge is 0.340 e. The second-order valence-electron chi connectivity index (χ2n) is 5.57. The molecule has 0 fully saturated rings. The van der Waals surface area contributed by atoms with Crippen molar-refractivity contribution in [2.24, 2.45) is 0 Å². The predicted octanol–water partition coefficient (Wildman–Crippen LogP) is 3.05. The first kappa shape index (κ1) is 16.6. The number of methoxy groups -OCH3 is 1. The molecule has 0 radical (unpaired) electrons. The summed E-state index contributed by atoms with van der Waals surface area (Å²) in [6.07, 6.45) is 0. The number of nitrogens with two attached hydrogens (primary N) is 1. The summed E-state index contributed by atoms with van der Waals surface area (Å²) in [5.74, 6) is 0.0217. The summed E-state index contributed by atoms with van der Waals surface area (Å²) in [5, 5.41) is 0.672. The summed E-state index contributed by atoms with van der Waals surface area (Å²) < 4.78 is 15.6. The monoisotopic (exact) mass is 339 g/mol. The molecule has 2 aromatic carbocycles. The highest BCUT2D eigenvalue weighted by atomic mass is 16.5. The number of para-hydroxylation sites is 1. The van der Waals surface area contributed by atoms with Gasteiger partial charge in [-0.15, -0.1) is 0 Å². The van der Waals surface area contributed by atoms with E-state index in [1.54, 1.807) is 30.3 Å². The van der Waals surface area contributed by atoms with Crippen LogP contribution in [0.3, 0.4) is 0 Å². The Bertz CT molecular complexity index is 1010. The molecule has 0 unspecified atom stereocenters. The van der Waals surface area contributed by atoms with Crippen LogP contribution in [0.15, 0.2) is 51.7 Å². The standard InChI is InChI=1S/C19H17NO5/c1-11-4-3-5-15(18(11)20)19(22)24-10-12-8-17(21)25-16-9-13(23-2)6-7-14(12)16/h3-9H,10,20H2,1-2H3. The van der Waals surface area contributed by atoms with Crippen LogP contribution in [0.25, 0.3) is 11.0 Å². The number of aryl methyl sites for hydroxylation is 1. The molecule has 0 aliphatic carbocycles. The van der Waals surface area contributed by atoms with E-state index in [9.17, 15) is 9.59 Å². The first-order valence-corrected chi connectivity index (χ1v) is 7.62. The minimum atomic E-state index is -0.545. The number of carbonyl (C=O) groups excluding carboxylic acids is 1. The Kier molecular flexibility index (Phi) is 4.43. The molecule has 1 heterocycles. The predicted molar refractivity (Wildman–Crippen MR) is 93.7 cm³/mol. The number of hydrogen-bond acceptors (Lipinski definition) is 6. The highest BCUT2D eigenvalue weighted by molar-refractivity contribution is 5.95. The summed E-state index contributed by atoms with van der Waals surface area (Å²) in [6.45, 7) is 1.75. The van der Waals surface area contributed by atoms with Gasteiger partial charge in [-0.2, -0.15) is 0 Å². The first-order valence-electron chi connectivity index (χ1n) is 7.62. The number of benzene rings is 2. The maximum Gasteiger partial charge on any atom is 0.340 e. The van der Waals surface area contributed by atoms with E-state index >= 15 is 0 Å². The van der Waals surface area contributed by atoms with E-state index in [-0.39, 0.29) is 6.61 Å². The van der Waals surface area contributed by atoms with E-state index < -0.39 is 11.6 Å². The summed E-state index contributed by atoms with van der Waals surface area (Å²) in [5.41, 5.74) is 7.79. The third-order valence-corrected chi connectivity index (χ3v) is 3.94. The van der Waals surface area contributed by atoms with Crippen LogP contribution in [0.1, 0.15) is 21.5 Å². The van der Waals surface area contributed by atoms with Crippen LogP contribution >= 0.6 is 0 Å². The maximum absolute atomic E-state index is 12.3. The third kappa shape index (κ3) is 3.33. The molecular formula is C19H17NO5. The number of esters is 1. The van der Waals surface area contributed by atoms with Crippen molar-refractivity contribution >= 4 is 22.6 Å². The zero-order valence-corrected chi connectivity index (χ0v) is 13.9. The average Bonchev–Trinajstić information content (AvgIpc) is 2.60. The number of rotatable bonds is 4. The maximum atomic E-state index is 12.3. The van der Waals surface area contributed by atoms with Gasteiger partial charge in [0.15, 0.2) is 0 Å². The van der Waals surface area contributed by atoms with E-state index in [0.717, 1.165) is 5.56 Å². The van der Waals surface area contributed by atoms with Crippen LogP contribution in [0.4, 0.5) is 5.69 Å². The Morgan fingerprint density at radius 3 is 2.76 bits per heavy atom. The van der Waals surface area contributed by atoms with Crippen LogP contribution in [0.2, 0.25) is 0 Å². The summed E-state index contributed by atoms with van der Waals surface area (Å²) in [6, 6.07) is 11.6. The van der Waals surface area contributed by atoms with Crippen LogP contribution in [-0.4, -0.2) is 13.1 Å². The number of carbonyl (C=O) groups is 1. The highest BCUT2D eigenvalue weighted by Gasteiger charge is 2.14. The molecule has 128 valence electrons. The molecular weight excluding hydrogens is 322 g/mol. The van der Waals surface area contributed by atoms with Gasteiger partial charge in [0.05, 0.1) is 12.7 Å². The summed E-state index contributed by atoms with van der Waals surface area (Å²) in [7, 11) is 1.52. The van der Waals surface area contributed by atoms with Gasteiger partial charge < -0.3 is 19.6 Å². The molecule has 0 saturated carbocycles. The second kappa shape index (κ2) is 6.68. The molecule has 0 spiro atoms. The molecule has 0 atom stereocenters. The lowest BCUT2D eigenvalue weighted by atomic mass is 10.1. The van der Waals surface area contributed by atoms with E-state index in [1.807, 2.05) is 13.0 Å². The highest BCUT2D eigenvalue weighted by Crippen LogP contribution is 2.24. The molecule has 0 bridgehead atoms. The van der Waals surface area contributed by atoms with E-state index in [4.69, 9.17) is 19.6 Å². The van der Waals surface area contributed by atoms with E-state index in [1.165, 1.54) is 13.2 Å². The van der Waals surface area contributed by atoms with Crippen LogP contribution in [0, 0.1) is 6.92 Å². The van der Waals surface area contributed by atoms with Crippen molar-refractivity contribution in [2.75, 3.05) is 12.8 Å². The SMILES string of the molecule is COc1ccc2c(COC(=O)c3cccc(C)c3N)cc(=O)oc2c1. The van der Waals surface area contributed by atoms with Crippen molar-refractivity contribution < 1.29 is 18.7 Å². The Hall–Kier alpha value is -3.28. The zero-order chi connectivity index (χ0) is 18.0. The lowest BCUT2D eigenvalue weighted by Crippen LogP contribution is -2.10. The number of fused-ring (bicyclic) bond motifs is 1. The van der Waals surface area contributed by atoms with Gasteiger partial charge in [-0.1, -0.05) is 12.1 Å². The van der Waals surface area contributed by atoms with Gasteiger partial charge in [-0.05, 0) is 30.7 Å². The van der Waals surface area contributed by atoms with Gasteiger partial charge in [-0.25, -0.2) is 9.59 Å². The van der Waals surface area contributed by atoms with Gasteiger partial charge >= 0.3 is 11.6 Å². The topological polar surface area (TPSA) is 91.8 Å². The molecule has 0 aliphatic heterocycles. The Balaban J connectivity index is 1.89. The van der Waals surface area contributed by atoms with Crippen molar-refractivity contribution in [1.82, 2.24) is 0 Å². The average molecular weight is 339 g/mol. The largest absolute Gasteiger partial charge is 0.497 e. The number of anilines is 1. The van der Waals surface area contributed by atoms with Crippen molar-refractivity contribution in [3.8, 4) is 5.75 Å². The minimum absolute atomic E-state index is 0.0688. The molecule has 6 heteroatoms. The van der Waals surface area contributed by atoms with E-state index in [2.05, 4.69) is 0 Å². The molecule has 0 amide bonds. The summed E-state index contributed by atoms with van der Waals surface area (Å²) >= 11 is 0. The van der Waals surface area contributed by atoms with Gasteiger partial charge in [0.25, 0.3) is 0 Å². The van der Waals surface area contributed by atoms with Crippen molar-refractivity contribution in [3.63, 3.8) is 0 Å². The second-order valence-corrected chi connectivity index (χ2v) is 5.57. The first-order chi connectivity index (χ1) is 12.0. The Labute approximate surface area is 143 Å². The van der Waals surface area contributed by atoms with Crippen molar-refractivity contribution in [1.29, 1.82) is 0 Å². The fourth-order valence-corrected chi connectivity index (χ4v) is 2.54. The quantitative estimate of drug-likeness (QED) is 0.446. The Morgan fingerprint density at radius 2 is 2.00 bits per heavy atom. The van der Waals surface area contributed by atoms with Gasteiger partial charge in [0.2, 0.25) is 0 Å². The molecule has 0 saturated heterocycles. The van der Waals surface area contributed by atoms with Gasteiger partial charge in [-0.3, -0.25) is 0 Å².